The van der Waals surface area contributed by atoms with Crippen molar-refractivity contribution in [1.82, 2.24) is 0 Å². The molecule has 2 N–H and O–H groups in total. The molecule has 4 atom stereocenters. The molecule has 1 aromatic rings. The SMILES string of the molecule is COC(=O)CC1CC(O)C(O)C(c2ccccc2)O1. The van der Waals surface area contributed by atoms with Crippen LogP contribution in [0.15, 0.2) is 30.3 Å². The van der Waals surface area contributed by atoms with Gasteiger partial charge in [0.2, 0.25) is 0 Å². The van der Waals surface area contributed by atoms with Gasteiger partial charge in [-0.25, -0.2) is 0 Å². The first-order chi connectivity index (χ1) is 9.11. The van der Waals surface area contributed by atoms with E-state index in [1.54, 1.807) is 0 Å². The molecule has 1 saturated heterocycles. The van der Waals surface area contributed by atoms with Crippen LogP contribution in [0.1, 0.15) is 24.5 Å². The molecule has 1 aromatic carbocycles. The Morgan fingerprint density at radius 1 is 1.37 bits per heavy atom. The third-order valence-electron chi connectivity index (χ3n) is 3.30. The molecule has 0 radical (unpaired) electrons. The minimum atomic E-state index is -0.990. The first-order valence-electron chi connectivity index (χ1n) is 6.25. The van der Waals surface area contributed by atoms with Crippen LogP contribution < -0.4 is 0 Å². The van der Waals surface area contributed by atoms with Gasteiger partial charge in [-0.1, -0.05) is 30.3 Å². The fraction of sp³-hybridized carbons (Fsp3) is 0.500. The molecule has 1 heterocycles. The molecule has 0 bridgehead atoms. The Hall–Kier alpha value is -1.43. The van der Waals surface area contributed by atoms with E-state index in [-0.39, 0.29) is 18.8 Å². The summed E-state index contributed by atoms with van der Waals surface area (Å²) < 4.78 is 10.3. The summed E-state index contributed by atoms with van der Waals surface area (Å²) >= 11 is 0. The van der Waals surface area contributed by atoms with E-state index in [0.29, 0.717) is 0 Å². The maximum atomic E-state index is 11.3. The van der Waals surface area contributed by atoms with Gasteiger partial charge in [0.05, 0.1) is 25.7 Å². The second-order valence-corrected chi connectivity index (χ2v) is 4.66. The molecule has 0 spiro atoms. The van der Waals surface area contributed by atoms with Gasteiger partial charge in [0.25, 0.3) is 0 Å². The summed E-state index contributed by atoms with van der Waals surface area (Å²) in [4.78, 5) is 11.3. The van der Waals surface area contributed by atoms with Crippen molar-refractivity contribution in [3.8, 4) is 0 Å². The molecule has 1 aliphatic heterocycles. The second kappa shape index (κ2) is 6.14. The largest absolute Gasteiger partial charge is 0.469 e. The van der Waals surface area contributed by atoms with E-state index in [9.17, 15) is 15.0 Å². The molecule has 5 heteroatoms. The maximum Gasteiger partial charge on any atom is 0.308 e. The molecule has 1 aliphatic rings. The Morgan fingerprint density at radius 3 is 2.68 bits per heavy atom. The van der Waals surface area contributed by atoms with Gasteiger partial charge in [-0.2, -0.15) is 0 Å². The van der Waals surface area contributed by atoms with Crippen LogP contribution in [0.2, 0.25) is 0 Å². The smallest absolute Gasteiger partial charge is 0.308 e. The van der Waals surface area contributed by atoms with E-state index in [2.05, 4.69) is 4.74 Å². The molecular formula is C14H18O5. The number of carbonyl (C=O) groups excluding carboxylic acids is 1. The highest BCUT2D eigenvalue weighted by Gasteiger charge is 2.38. The predicted octanol–water partition coefficient (Wildman–Crippen LogP) is 0.801. The van der Waals surface area contributed by atoms with E-state index in [1.165, 1.54) is 7.11 Å². The van der Waals surface area contributed by atoms with Gasteiger partial charge in [-0.05, 0) is 5.56 Å². The average Bonchev–Trinajstić information content (AvgIpc) is 2.43. The molecule has 4 unspecified atom stereocenters. The second-order valence-electron chi connectivity index (χ2n) is 4.66. The van der Waals surface area contributed by atoms with E-state index in [1.807, 2.05) is 30.3 Å². The van der Waals surface area contributed by atoms with Gasteiger partial charge < -0.3 is 19.7 Å². The van der Waals surface area contributed by atoms with Crippen molar-refractivity contribution in [3.63, 3.8) is 0 Å². The lowest BCUT2D eigenvalue weighted by atomic mass is 9.92. The molecule has 0 saturated carbocycles. The molecule has 5 nitrogen and oxygen atoms in total. The third kappa shape index (κ3) is 3.32. The van der Waals surface area contributed by atoms with Crippen molar-refractivity contribution in [1.29, 1.82) is 0 Å². The van der Waals surface area contributed by atoms with Crippen LogP contribution in [0.25, 0.3) is 0 Å². The molecule has 0 amide bonds. The Bertz CT molecular complexity index is 419. The summed E-state index contributed by atoms with van der Waals surface area (Å²) in [5.41, 5.74) is 0.781. The van der Waals surface area contributed by atoms with E-state index in [0.717, 1.165) is 5.56 Å². The van der Waals surface area contributed by atoms with Crippen LogP contribution in [-0.2, 0) is 14.3 Å². The number of esters is 1. The van der Waals surface area contributed by atoms with Crippen molar-refractivity contribution in [2.24, 2.45) is 0 Å². The predicted molar refractivity (Wildman–Crippen MR) is 67.3 cm³/mol. The van der Waals surface area contributed by atoms with Crippen LogP contribution in [-0.4, -0.2) is 41.6 Å². The van der Waals surface area contributed by atoms with Crippen molar-refractivity contribution < 1.29 is 24.5 Å². The fourth-order valence-corrected chi connectivity index (χ4v) is 2.27. The van der Waals surface area contributed by atoms with E-state index < -0.39 is 24.4 Å². The average molecular weight is 266 g/mol. The highest BCUT2D eigenvalue weighted by atomic mass is 16.5. The zero-order valence-corrected chi connectivity index (χ0v) is 10.7. The number of aliphatic hydroxyl groups is 2. The normalized spacial score (nSPS) is 30.9. The summed E-state index contributed by atoms with van der Waals surface area (Å²) in [6.45, 7) is 0. The zero-order valence-electron chi connectivity index (χ0n) is 10.7. The van der Waals surface area contributed by atoms with Crippen LogP contribution in [0.3, 0.4) is 0 Å². The monoisotopic (exact) mass is 266 g/mol. The standard InChI is InChI=1S/C14H18O5/c1-18-12(16)8-10-7-11(15)13(17)14(19-10)9-5-3-2-4-6-9/h2-6,10-11,13-15,17H,7-8H2,1H3. The minimum absolute atomic E-state index is 0.0730. The summed E-state index contributed by atoms with van der Waals surface area (Å²) in [7, 11) is 1.31. The van der Waals surface area contributed by atoms with Crippen LogP contribution in [0, 0.1) is 0 Å². The first-order valence-corrected chi connectivity index (χ1v) is 6.25. The van der Waals surface area contributed by atoms with Crippen LogP contribution >= 0.6 is 0 Å². The topological polar surface area (TPSA) is 76.0 Å². The number of hydrogen-bond donors (Lipinski definition) is 2. The Kier molecular flexibility index (Phi) is 4.52. The maximum absolute atomic E-state index is 11.3. The van der Waals surface area contributed by atoms with Gasteiger partial charge in [-0.3, -0.25) is 4.79 Å². The summed E-state index contributed by atoms with van der Waals surface area (Å²) in [5, 5.41) is 19.9. The number of benzene rings is 1. The fourth-order valence-electron chi connectivity index (χ4n) is 2.27. The molecular weight excluding hydrogens is 248 g/mol. The minimum Gasteiger partial charge on any atom is -0.469 e. The number of aliphatic hydroxyl groups excluding tert-OH is 2. The lowest BCUT2D eigenvalue weighted by molar-refractivity contribution is -0.179. The summed E-state index contributed by atoms with van der Waals surface area (Å²) in [6, 6.07) is 9.17. The zero-order chi connectivity index (χ0) is 13.8. The Labute approximate surface area is 111 Å². The number of carbonyl (C=O) groups is 1. The van der Waals surface area contributed by atoms with Crippen molar-refractivity contribution in [2.45, 2.75) is 37.3 Å². The van der Waals surface area contributed by atoms with Gasteiger partial charge in [0.15, 0.2) is 0 Å². The lowest BCUT2D eigenvalue weighted by Gasteiger charge is -2.37. The molecule has 0 aromatic heterocycles. The Balaban J connectivity index is 2.11. The number of hydrogen-bond acceptors (Lipinski definition) is 5. The van der Waals surface area contributed by atoms with E-state index in [4.69, 9.17) is 4.74 Å². The number of rotatable bonds is 3. The van der Waals surface area contributed by atoms with Crippen LogP contribution in [0.5, 0.6) is 0 Å². The Morgan fingerprint density at radius 2 is 2.05 bits per heavy atom. The van der Waals surface area contributed by atoms with Gasteiger partial charge in [-0.15, -0.1) is 0 Å². The summed E-state index contributed by atoms with van der Waals surface area (Å²) in [5.74, 6) is -0.389. The quantitative estimate of drug-likeness (QED) is 0.791. The van der Waals surface area contributed by atoms with Gasteiger partial charge in [0.1, 0.15) is 12.2 Å². The molecule has 2 rings (SSSR count). The lowest BCUT2D eigenvalue weighted by Crippen LogP contribution is -2.44. The van der Waals surface area contributed by atoms with Gasteiger partial charge in [0, 0.05) is 6.42 Å². The third-order valence-corrected chi connectivity index (χ3v) is 3.30. The van der Waals surface area contributed by atoms with Crippen LogP contribution in [0.4, 0.5) is 0 Å². The van der Waals surface area contributed by atoms with E-state index >= 15 is 0 Å². The first kappa shape index (κ1) is 14.0. The molecule has 0 aliphatic carbocycles. The van der Waals surface area contributed by atoms with Crippen molar-refractivity contribution in [3.05, 3.63) is 35.9 Å². The molecule has 104 valence electrons. The summed E-state index contributed by atoms with van der Waals surface area (Å²) in [6.07, 6.45) is -2.68. The number of ether oxygens (including phenoxy) is 2. The van der Waals surface area contributed by atoms with Crippen molar-refractivity contribution >= 4 is 5.97 Å². The molecule has 19 heavy (non-hydrogen) atoms. The van der Waals surface area contributed by atoms with Crippen molar-refractivity contribution in [2.75, 3.05) is 7.11 Å². The highest BCUT2D eigenvalue weighted by molar-refractivity contribution is 5.69. The number of methoxy groups -OCH3 is 1. The van der Waals surface area contributed by atoms with Gasteiger partial charge >= 0.3 is 5.97 Å². The highest BCUT2D eigenvalue weighted by Crippen LogP contribution is 2.33. The molecule has 1 fully saturated rings.